The predicted molar refractivity (Wildman–Crippen MR) is 237 cm³/mol. The molecule has 1 aromatic carbocycles. The second kappa shape index (κ2) is 15.3. The SMILES string of the molecule is CC(=NCC12CC3(C)CC4(OCCN(C)CCCCO)CC(C)(C1)C34C2)/C(=C\N)c1ccc(N2CCCC(/C(C)=C(\N)Nc3nc4ccccc4s3)=C2C)nc1C(=O)O. The molecule has 1 aliphatic heterocycles. The van der Waals surface area contributed by atoms with Crippen LogP contribution < -0.4 is 21.7 Å². The van der Waals surface area contributed by atoms with Gasteiger partial charge in [0.2, 0.25) is 0 Å². The van der Waals surface area contributed by atoms with Crippen LogP contribution in [0.1, 0.15) is 108 Å². The number of carbonyl (C=O) groups is 1. The van der Waals surface area contributed by atoms with Crippen molar-refractivity contribution in [2.75, 3.05) is 56.7 Å². The number of hydrogen-bond donors (Lipinski definition) is 5. The molecule has 2 unspecified atom stereocenters. The first-order valence-electron chi connectivity index (χ1n) is 21.3. The van der Waals surface area contributed by atoms with Crippen LogP contribution in [-0.2, 0) is 4.74 Å². The Morgan fingerprint density at radius 3 is 2.51 bits per heavy atom. The van der Waals surface area contributed by atoms with Gasteiger partial charge >= 0.3 is 5.97 Å². The van der Waals surface area contributed by atoms with Crippen LogP contribution in [0.2, 0.25) is 0 Å². The van der Waals surface area contributed by atoms with Crippen molar-refractivity contribution in [2.24, 2.45) is 38.1 Å². The van der Waals surface area contributed by atoms with E-state index in [1.807, 2.05) is 57.2 Å². The number of aromatic carboxylic acids is 1. The molecule has 2 bridgehead atoms. The zero-order valence-corrected chi connectivity index (χ0v) is 36.5. The van der Waals surface area contributed by atoms with E-state index in [-0.39, 0.29) is 39.6 Å². The molecular weight excluding hydrogens is 761 g/mol. The zero-order chi connectivity index (χ0) is 42.0. The van der Waals surface area contributed by atoms with Gasteiger partial charge in [0.1, 0.15) is 11.6 Å². The lowest BCUT2D eigenvalue weighted by Crippen LogP contribution is -2.82. The van der Waals surface area contributed by atoms with E-state index in [9.17, 15) is 9.90 Å². The van der Waals surface area contributed by atoms with E-state index in [0.717, 1.165) is 115 Å². The molecule has 316 valence electrons. The highest BCUT2D eigenvalue weighted by Gasteiger charge is 2.93. The number of nitrogens with two attached hydrogens (primary N) is 2. The standard InChI is InChI=1S/C46H62N8O4S/c1-29(39(48)52-41-50-35-13-7-8-14-36(35)59-41)32-12-11-18-54(31(32)3)37-16-15-33(38(51-37)40(56)57)34(22-47)30(2)49-28-44-23-42(4)25-45(26-43(5,24-44)46(42,45)27-44)58-21-19-53(6)17-9-10-20-55/h7-8,13-16,22,55H,9-12,17-21,23-28,47-48H2,1-6H3,(H,50,52)(H,56,57)/b34-22+,39-29+,49-30?. The molecule has 7 N–H and O–H groups in total. The fourth-order valence-electron chi connectivity index (χ4n) is 13.1. The molecule has 8 rings (SSSR count). The maximum Gasteiger partial charge on any atom is 0.355 e. The van der Waals surface area contributed by atoms with E-state index in [4.69, 9.17) is 31.3 Å². The number of likely N-dealkylation sites (N-methyl/N-ethyl adjacent to an activating group) is 1. The highest BCUT2D eigenvalue weighted by Crippen LogP contribution is 2.95. The Morgan fingerprint density at radius 1 is 1.07 bits per heavy atom. The highest BCUT2D eigenvalue weighted by molar-refractivity contribution is 7.22. The summed E-state index contributed by atoms with van der Waals surface area (Å²) in [5.74, 6) is -0.00367. The molecule has 13 heteroatoms. The van der Waals surface area contributed by atoms with Gasteiger partial charge in [-0.3, -0.25) is 4.99 Å². The molecule has 2 aromatic heterocycles. The van der Waals surface area contributed by atoms with Crippen molar-refractivity contribution >= 4 is 49.8 Å². The average Bonchev–Trinajstić information content (AvgIpc) is 3.80. The lowest BCUT2D eigenvalue weighted by atomic mass is 9.25. The number of nitrogens with one attached hydrogen (secondary N) is 1. The Hall–Kier alpha value is -4.30. The Labute approximate surface area is 352 Å². The number of aliphatic hydroxyl groups is 1. The summed E-state index contributed by atoms with van der Waals surface area (Å²) in [5.41, 5.74) is 19.3. The van der Waals surface area contributed by atoms with Gasteiger partial charge in [-0.15, -0.1) is 0 Å². The molecule has 0 amide bonds. The van der Waals surface area contributed by atoms with E-state index >= 15 is 0 Å². The van der Waals surface area contributed by atoms with Crippen molar-refractivity contribution in [1.82, 2.24) is 14.9 Å². The third-order valence-corrected chi connectivity index (χ3v) is 16.0. The van der Waals surface area contributed by atoms with Crippen molar-refractivity contribution < 1.29 is 19.7 Å². The number of fused-ring (bicyclic) bond motifs is 2. The number of carboxylic acids is 1. The second-order valence-electron chi connectivity index (χ2n) is 18.8. The Kier molecular flexibility index (Phi) is 10.8. The summed E-state index contributed by atoms with van der Waals surface area (Å²) in [6.45, 7) is 15.2. The molecule has 0 radical (unpaired) electrons. The lowest BCUT2D eigenvalue weighted by molar-refractivity contribution is -0.397. The number of benzene rings is 1. The fraction of sp³-hybridized carbons (Fsp3) is 0.565. The molecule has 0 saturated heterocycles. The van der Waals surface area contributed by atoms with E-state index in [1.165, 1.54) is 6.20 Å². The number of pyridine rings is 1. The van der Waals surface area contributed by atoms with E-state index in [0.29, 0.717) is 35.9 Å². The zero-order valence-electron chi connectivity index (χ0n) is 35.7. The number of thiazole rings is 1. The number of aliphatic imine (C=N–C) groups is 1. The quantitative estimate of drug-likeness (QED) is 0.0664. The smallest absolute Gasteiger partial charge is 0.355 e. The molecular formula is C46H62N8O4S. The lowest BCUT2D eigenvalue weighted by Gasteiger charge is -2.82. The molecule has 4 aliphatic carbocycles. The minimum absolute atomic E-state index is 0.0378. The Balaban J connectivity index is 0.976. The van der Waals surface area contributed by atoms with Crippen LogP contribution in [0.25, 0.3) is 15.8 Å². The molecule has 3 heterocycles. The van der Waals surface area contributed by atoms with Crippen molar-refractivity contribution in [3.05, 3.63) is 76.5 Å². The first-order chi connectivity index (χ1) is 28.1. The van der Waals surface area contributed by atoms with Gasteiger partial charge in [-0.1, -0.05) is 37.3 Å². The fourth-order valence-corrected chi connectivity index (χ4v) is 14.0. The number of hydrogen-bond acceptors (Lipinski definition) is 12. The minimum atomic E-state index is -1.11. The third-order valence-electron chi connectivity index (χ3n) is 15.1. The highest BCUT2D eigenvalue weighted by atomic mass is 32.1. The number of allylic oxidation sites excluding steroid dienone is 4. The second-order valence-corrected chi connectivity index (χ2v) is 19.8. The summed E-state index contributed by atoms with van der Waals surface area (Å²) >= 11 is 1.56. The summed E-state index contributed by atoms with van der Waals surface area (Å²) in [7, 11) is 2.14. The Morgan fingerprint density at radius 2 is 1.81 bits per heavy atom. The minimum Gasteiger partial charge on any atom is -0.476 e. The van der Waals surface area contributed by atoms with Crippen LogP contribution in [0, 0.1) is 21.7 Å². The van der Waals surface area contributed by atoms with Gasteiger partial charge in [-0.2, -0.15) is 0 Å². The first kappa shape index (κ1) is 41.4. The van der Waals surface area contributed by atoms with Crippen molar-refractivity contribution in [3.8, 4) is 0 Å². The van der Waals surface area contributed by atoms with Crippen LogP contribution in [0.5, 0.6) is 0 Å². The number of aliphatic hydroxyl groups excluding tert-OH is 1. The molecule has 3 aromatic rings. The monoisotopic (exact) mass is 822 g/mol. The molecule has 4 fully saturated rings. The number of carboxylic acid groups (broad SMARTS) is 1. The predicted octanol–water partition coefficient (Wildman–Crippen LogP) is 7.78. The maximum absolute atomic E-state index is 12.9. The van der Waals surface area contributed by atoms with Crippen LogP contribution >= 0.6 is 11.3 Å². The van der Waals surface area contributed by atoms with Gasteiger partial charge in [0.25, 0.3) is 0 Å². The van der Waals surface area contributed by atoms with Crippen molar-refractivity contribution in [3.63, 3.8) is 0 Å². The maximum atomic E-state index is 12.9. The van der Waals surface area contributed by atoms with E-state index < -0.39 is 5.97 Å². The summed E-state index contributed by atoms with van der Waals surface area (Å²) < 4.78 is 7.97. The van der Waals surface area contributed by atoms with Gasteiger partial charge in [-0.05, 0) is 144 Å². The molecule has 2 atom stereocenters. The molecule has 12 nitrogen and oxygen atoms in total. The van der Waals surface area contributed by atoms with Gasteiger partial charge in [0, 0.05) is 60.4 Å². The summed E-state index contributed by atoms with van der Waals surface area (Å²) in [4.78, 5) is 32.0. The summed E-state index contributed by atoms with van der Waals surface area (Å²) in [6, 6.07) is 11.7. The number of para-hydroxylation sites is 1. The van der Waals surface area contributed by atoms with Gasteiger partial charge in [0.05, 0.1) is 22.4 Å². The van der Waals surface area contributed by atoms with Crippen LogP contribution in [-0.4, -0.2) is 88.8 Å². The van der Waals surface area contributed by atoms with Gasteiger partial charge in [0.15, 0.2) is 10.8 Å². The van der Waals surface area contributed by atoms with Crippen molar-refractivity contribution in [1.29, 1.82) is 0 Å². The van der Waals surface area contributed by atoms with Crippen LogP contribution in [0.15, 0.2) is 70.3 Å². The summed E-state index contributed by atoms with van der Waals surface area (Å²) in [6.07, 6.45) is 10.6. The Bertz CT molecular complexity index is 2220. The number of ether oxygens (including phenoxy) is 1. The number of anilines is 2. The summed E-state index contributed by atoms with van der Waals surface area (Å²) in [5, 5.41) is 23.7. The van der Waals surface area contributed by atoms with Crippen LogP contribution in [0.3, 0.4) is 0 Å². The number of rotatable bonds is 17. The third kappa shape index (κ3) is 6.67. The normalized spacial score (nSPS) is 30.4. The average molecular weight is 823 g/mol. The van der Waals surface area contributed by atoms with Crippen molar-refractivity contribution in [2.45, 2.75) is 98.0 Å². The number of nitrogens with zero attached hydrogens (tertiary/aromatic N) is 5. The molecule has 5 aliphatic rings. The van der Waals surface area contributed by atoms with Gasteiger partial charge in [-0.25, -0.2) is 14.8 Å². The molecule has 59 heavy (non-hydrogen) atoms. The largest absolute Gasteiger partial charge is 0.476 e. The number of unbranched alkanes of at least 4 members (excludes halogenated alkanes) is 1. The number of aromatic nitrogens is 2. The van der Waals surface area contributed by atoms with E-state index in [2.05, 4.69) is 41.0 Å². The van der Waals surface area contributed by atoms with Crippen LogP contribution in [0.4, 0.5) is 10.9 Å². The molecule has 4 saturated carbocycles. The van der Waals surface area contributed by atoms with E-state index in [1.54, 1.807) is 11.3 Å². The molecule has 1 spiro atoms. The topological polar surface area (TPSA) is 175 Å². The van der Waals surface area contributed by atoms with Gasteiger partial charge < -0.3 is 41.5 Å². The first-order valence-corrected chi connectivity index (χ1v) is 22.1.